The molecule has 1 fully saturated rings. The minimum Gasteiger partial charge on any atom is -0.444 e. The molecule has 0 radical (unpaired) electrons. The van der Waals surface area contributed by atoms with Crippen molar-refractivity contribution in [2.24, 2.45) is 0 Å². The first kappa shape index (κ1) is 27.7. The number of likely N-dealkylation sites (tertiary alicyclic amines) is 1. The number of thiazole rings is 1. The molecule has 1 saturated heterocycles. The molecular formula is C23H33N5O6S2. The summed E-state index contributed by atoms with van der Waals surface area (Å²) in [5, 5.41) is 4.73. The van der Waals surface area contributed by atoms with Gasteiger partial charge < -0.3 is 19.7 Å². The predicted octanol–water partition coefficient (Wildman–Crippen LogP) is 4.40. The second-order valence-corrected chi connectivity index (χ2v) is 13.0. The minimum atomic E-state index is -4.36. The van der Waals surface area contributed by atoms with Crippen LogP contribution < -0.4 is 9.62 Å². The maximum Gasteiger partial charge on any atom is 0.430 e. The van der Waals surface area contributed by atoms with Gasteiger partial charge >= 0.3 is 12.2 Å². The van der Waals surface area contributed by atoms with Gasteiger partial charge in [-0.2, -0.15) is 0 Å². The standard InChI is InChI=1S/C23H33N5O6S2/c1-15-10-17(36(31,32)28(18-13-35-14-25-18)21(30)34-23(5,6)7)11-24-19(15)26-16-8-9-27(12-16)20(29)33-22(2,3)4/h10-11,13-14,16H,8-9,12H2,1-7H3,(H,24,26)/t16-/m0/s1. The van der Waals surface area contributed by atoms with Gasteiger partial charge in [0.15, 0.2) is 5.82 Å². The molecule has 0 bridgehead atoms. The van der Waals surface area contributed by atoms with Gasteiger partial charge in [-0.25, -0.2) is 28.0 Å². The van der Waals surface area contributed by atoms with Crippen molar-refractivity contribution in [2.45, 2.75) is 77.0 Å². The molecule has 1 aliphatic rings. The van der Waals surface area contributed by atoms with Gasteiger partial charge in [0.05, 0.1) is 5.51 Å². The summed E-state index contributed by atoms with van der Waals surface area (Å²) < 4.78 is 38.2. The monoisotopic (exact) mass is 539 g/mol. The fourth-order valence-electron chi connectivity index (χ4n) is 3.43. The zero-order valence-electron chi connectivity index (χ0n) is 21.6. The van der Waals surface area contributed by atoms with Crippen LogP contribution in [-0.2, 0) is 19.5 Å². The molecule has 3 rings (SSSR count). The minimum absolute atomic E-state index is 0.0534. The van der Waals surface area contributed by atoms with Crippen molar-refractivity contribution in [3.05, 3.63) is 28.7 Å². The van der Waals surface area contributed by atoms with Gasteiger partial charge in [0.25, 0.3) is 10.0 Å². The van der Waals surface area contributed by atoms with E-state index in [2.05, 4.69) is 15.3 Å². The highest BCUT2D eigenvalue weighted by molar-refractivity contribution is 7.93. The summed E-state index contributed by atoms with van der Waals surface area (Å²) in [4.78, 5) is 34.9. The Morgan fingerprint density at radius 1 is 1.14 bits per heavy atom. The first-order valence-corrected chi connectivity index (χ1v) is 13.8. The van der Waals surface area contributed by atoms with Gasteiger partial charge in [-0.15, -0.1) is 15.6 Å². The van der Waals surface area contributed by atoms with Crippen LogP contribution in [0.1, 0.15) is 53.5 Å². The number of aryl methyl sites for hydroxylation is 1. The SMILES string of the molecule is Cc1cc(S(=O)(=O)N(C(=O)OC(C)(C)C)c2cscn2)cnc1N[C@H]1CCN(C(=O)OC(C)(C)C)C1. The van der Waals surface area contributed by atoms with E-state index in [1.54, 1.807) is 32.6 Å². The molecule has 198 valence electrons. The zero-order chi connectivity index (χ0) is 26.9. The lowest BCUT2D eigenvalue weighted by Gasteiger charge is -2.26. The first-order valence-electron chi connectivity index (χ1n) is 11.4. The Hall–Kier alpha value is -2.93. The average Bonchev–Trinajstić information content (AvgIpc) is 3.39. The fraction of sp³-hybridized carbons (Fsp3) is 0.565. The van der Waals surface area contributed by atoms with Gasteiger partial charge in [-0.3, -0.25) is 0 Å². The number of anilines is 2. The molecule has 0 unspecified atom stereocenters. The summed E-state index contributed by atoms with van der Waals surface area (Å²) >= 11 is 1.16. The fourth-order valence-corrected chi connectivity index (χ4v) is 5.32. The lowest BCUT2D eigenvalue weighted by Crippen LogP contribution is -2.41. The van der Waals surface area contributed by atoms with E-state index >= 15 is 0 Å². The molecular weight excluding hydrogens is 506 g/mol. The molecule has 1 N–H and O–H groups in total. The molecule has 13 heteroatoms. The second-order valence-electron chi connectivity index (χ2n) is 10.5. The Bertz CT molecular complexity index is 1200. The van der Waals surface area contributed by atoms with E-state index in [9.17, 15) is 18.0 Å². The maximum atomic E-state index is 13.5. The van der Waals surface area contributed by atoms with Crippen LogP contribution in [0.4, 0.5) is 21.2 Å². The summed E-state index contributed by atoms with van der Waals surface area (Å²) in [6, 6.07) is 1.37. The van der Waals surface area contributed by atoms with Crippen LogP contribution >= 0.6 is 11.3 Å². The number of ether oxygens (including phenoxy) is 2. The molecule has 2 aromatic rings. The highest BCUT2D eigenvalue weighted by Gasteiger charge is 2.37. The van der Waals surface area contributed by atoms with Crippen LogP contribution in [0.5, 0.6) is 0 Å². The van der Waals surface area contributed by atoms with E-state index in [0.29, 0.717) is 35.2 Å². The Kier molecular flexibility index (Phi) is 7.84. The molecule has 2 aromatic heterocycles. The largest absolute Gasteiger partial charge is 0.444 e. The maximum absolute atomic E-state index is 13.5. The van der Waals surface area contributed by atoms with Gasteiger partial charge in [0.2, 0.25) is 0 Å². The van der Waals surface area contributed by atoms with Crippen LogP contribution in [0.15, 0.2) is 28.0 Å². The number of rotatable bonds is 5. The Balaban J connectivity index is 1.78. The number of sulfonamides is 1. The smallest absolute Gasteiger partial charge is 0.430 e. The molecule has 0 saturated carbocycles. The van der Waals surface area contributed by atoms with E-state index in [-0.39, 0.29) is 22.8 Å². The third kappa shape index (κ3) is 6.84. The van der Waals surface area contributed by atoms with Crippen LogP contribution in [0, 0.1) is 6.92 Å². The van der Waals surface area contributed by atoms with E-state index < -0.39 is 27.3 Å². The number of carbonyl (C=O) groups excluding carboxylic acids is 2. The van der Waals surface area contributed by atoms with Gasteiger partial charge in [0.1, 0.15) is 21.9 Å². The number of hydrogen-bond acceptors (Lipinski definition) is 10. The summed E-state index contributed by atoms with van der Waals surface area (Å²) in [6.07, 6.45) is 0.453. The van der Waals surface area contributed by atoms with Crippen molar-refractivity contribution in [1.82, 2.24) is 14.9 Å². The molecule has 2 amide bonds. The van der Waals surface area contributed by atoms with E-state index in [0.717, 1.165) is 11.3 Å². The first-order chi connectivity index (χ1) is 16.6. The Morgan fingerprint density at radius 2 is 1.81 bits per heavy atom. The topological polar surface area (TPSA) is 131 Å². The summed E-state index contributed by atoms with van der Waals surface area (Å²) in [6.45, 7) is 13.1. The lowest BCUT2D eigenvalue weighted by molar-refractivity contribution is 0.0293. The third-order valence-electron chi connectivity index (χ3n) is 4.96. The Labute approximate surface area is 215 Å². The molecule has 0 aromatic carbocycles. The number of carbonyl (C=O) groups is 2. The van der Waals surface area contributed by atoms with Crippen LogP contribution in [0.3, 0.4) is 0 Å². The molecule has 1 aliphatic heterocycles. The van der Waals surface area contributed by atoms with Crippen LogP contribution in [0.2, 0.25) is 0 Å². The van der Waals surface area contributed by atoms with Crippen molar-refractivity contribution in [2.75, 3.05) is 22.7 Å². The van der Waals surface area contributed by atoms with Crippen molar-refractivity contribution in [3.8, 4) is 0 Å². The van der Waals surface area contributed by atoms with Gasteiger partial charge in [-0.05, 0) is 66.5 Å². The number of amides is 2. The van der Waals surface area contributed by atoms with Crippen LogP contribution in [-0.4, -0.2) is 65.8 Å². The Morgan fingerprint density at radius 3 is 2.36 bits per heavy atom. The highest BCUT2D eigenvalue weighted by atomic mass is 32.2. The molecule has 36 heavy (non-hydrogen) atoms. The van der Waals surface area contributed by atoms with Crippen molar-refractivity contribution < 1.29 is 27.5 Å². The lowest BCUT2D eigenvalue weighted by atomic mass is 10.2. The molecule has 1 atom stereocenters. The van der Waals surface area contributed by atoms with E-state index in [1.165, 1.54) is 23.2 Å². The summed E-state index contributed by atoms with van der Waals surface area (Å²) in [5.74, 6) is 0.435. The number of nitrogens with zero attached hydrogens (tertiary/aromatic N) is 4. The molecule has 0 aliphatic carbocycles. The number of nitrogens with one attached hydrogen (secondary N) is 1. The van der Waals surface area contributed by atoms with Crippen molar-refractivity contribution in [3.63, 3.8) is 0 Å². The van der Waals surface area contributed by atoms with Crippen LogP contribution in [0.25, 0.3) is 0 Å². The molecule has 3 heterocycles. The van der Waals surface area contributed by atoms with E-state index in [1.807, 2.05) is 20.8 Å². The van der Waals surface area contributed by atoms with Crippen molar-refractivity contribution >= 4 is 45.2 Å². The number of pyridine rings is 1. The average molecular weight is 540 g/mol. The molecule has 0 spiro atoms. The van der Waals surface area contributed by atoms with E-state index in [4.69, 9.17) is 9.47 Å². The van der Waals surface area contributed by atoms with Gasteiger partial charge in [0, 0.05) is 30.7 Å². The summed E-state index contributed by atoms with van der Waals surface area (Å²) in [5.41, 5.74) is 0.514. The summed E-state index contributed by atoms with van der Waals surface area (Å²) in [7, 11) is -4.36. The normalized spacial score (nSPS) is 16.5. The zero-order valence-corrected chi connectivity index (χ0v) is 23.2. The second kappa shape index (κ2) is 10.2. The quantitative estimate of drug-likeness (QED) is 0.587. The molecule has 11 nitrogen and oxygen atoms in total. The van der Waals surface area contributed by atoms with Gasteiger partial charge in [-0.1, -0.05) is 0 Å². The third-order valence-corrected chi connectivity index (χ3v) is 7.17. The van der Waals surface area contributed by atoms with Crippen molar-refractivity contribution in [1.29, 1.82) is 0 Å². The number of aromatic nitrogens is 2. The predicted molar refractivity (Wildman–Crippen MR) is 137 cm³/mol. The number of hydrogen-bond donors (Lipinski definition) is 1. The highest BCUT2D eigenvalue weighted by Crippen LogP contribution is 2.28.